The van der Waals surface area contributed by atoms with Crippen LogP contribution in [0.25, 0.3) is 0 Å². The second-order valence-electron chi connectivity index (χ2n) is 5.34. The minimum Gasteiger partial charge on any atom is -0.366 e. The van der Waals surface area contributed by atoms with Crippen LogP contribution in [0.2, 0.25) is 0 Å². The minimum absolute atomic E-state index is 0.314. The summed E-state index contributed by atoms with van der Waals surface area (Å²) >= 11 is 0. The van der Waals surface area contributed by atoms with Gasteiger partial charge in [-0.1, -0.05) is 13.8 Å². The van der Waals surface area contributed by atoms with Gasteiger partial charge in [0, 0.05) is 0 Å². The predicted molar refractivity (Wildman–Crippen MR) is 43.3 cm³/mol. The molecule has 3 aliphatic rings. The lowest BCUT2D eigenvalue weighted by atomic mass is 9.91. The summed E-state index contributed by atoms with van der Waals surface area (Å²) in [6.07, 6.45) is 3.35. The molecule has 62 valence electrons. The van der Waals surface area contributed by atoms with E-state index in [0.717, 1.165) is 11.8 Å². The van der Waals surface area contributed by atoms with Crippen LogP contribution in [0.4, 0.5) is 0 Å². The van der Waals surface area contributed by atoms with E-state index in [4.69, 9.17) is 4.74 Å². The molecule has 0 aromatic rings. The van der Waals surface area contributed by atoms with Gasteiger partial charge in [0.25, 0.3) is 0 Å². The van der Waals surface area contributed by atoms with E-state index in [9.17, 15) is 0 Å². The number of rotatable bonds is 0. The second-order valence-corrected chi connectivity index (χ2v) is 5.34. The smallest absolute Gasteiger partial charge is 0.0923 e. The van der Waals surface area contributed by atoms with Gasteiger partial charge in [0.2, 0.25) is 0 Å². The molecule has 3 fully saturated rings. The molecule has 1 unspecified atom stereocenters. The van der Waals surface area contributed by atoms with E-state index in [-0.39, 0.29) is 0 Å². The molecule has 0 bridgehead atoms. The molecule has 0 radical (unpaired) electrons. The van der Waals surface area contributed by atoms with E-state index in [1.54, 1.807) is 0 Å². The highest BCUT2D eigenvalue weighted by molar-refractivity contribution is 5.21. The molecule has 4 atom stereocenters. The summed E-state index contributed by atoms with van der Waals surface area (Å²) in [5, 5.41) is 0. The fourth-order valence-corrected chi connectivity index (χ4v) is 3.29. The van der Waals surface area contributed by atoms with Crippen molar-refractivity contribution in [2.24, 2.45) is 17.3 Å². The van der Waals surface area contributed by atoms with Crippen LogP contribution in [-0.2, 0) is 4.74 Å². The Labute approximate surface area is 68.1 Å². The maximum atomic E-state index is 5.75. The van der Waals surface area contributed by atoms with Crippen molar-refractivity contribution in [1.82, 2.24) is 0 Å². The molecule has 0 amide bonds. The largest absolute Gasteiger partial charge is 0.366 e. The van der Waals surface area contributed by atoms with Crippen molar-refractivity contribution in [2.45, 2.75) is 45.3 Å². The molecule has 11 heavy (non-hydrogen) atoms. The van der Waals surface area contributed by atoms with Crippen LogP contribution in [0, 0.1) is 17.3 Å². The number of hydrogen-bond acceptors (Lipinski definition) is 1. The Hall–Kier alpha value is -0.0400. The van der Waals surface area contributed by atoms with Crippen LogP contribution in [0.15, 0.2) is 0 Å². The maximum absolute atomic E-state index is 5.75. The van der Waals surface area contributed by atoms with Gasteiger partial charge in [0.1, 0.15) is 0 Å². The molecule has 1 saturated heterocycles. The average Bonchev–Trinajstić information content (AvgIpc) is 2.69. The molecule has 1 aliphatic heterocycles. The lowest BCUT2D eigenvalue weighted by molar-refractivity contribution is 0.286. The SMILES string of the molecule is CC1(C)[C@H]2CC[C@]3(C)OC3[C@@H]21. The van der Waals surface area contributed by atoms with Gasteiger partial charge in [0.05, 0.1) is 11.7 Å². The van der Waals surface area contributed by atoms with Gasteiger partial charge in [-0.05, 0) is 37.0 Å². The van der Waals surface area contributed by atoms with E-state index in [2.05, 4.69) is 20.8 Å². The molecular weight excluding hydrogens is 136 g/mol. The summed E-state index contributed by atoms with van der Waals surface area (Å²) in [5.74, 6) is 1.89. The minimum atomic E-state index is 0.314. The molecule has 0 spiro atoms. The van der Waals surface area contributed by atoms with Crippen molar-refractivity contribution in [3.8, 4) is 0 Å². The average molecular weight is 152 g/mol. The van der Waals surface area contributed by atoms with Gasteiger partial charge < -0.3 is 4.74 Å². The number of hydrogen-bond donors (Lipinski definition) is 0. The maximum Gasteiger partial charge on any atom is 0.0923 e. The predicted octanol–water partition coefficient (Wildman–Crippen LogP) is 2.21. The van der Waals surface area contributed by atoms with Gasteiger partial charge in [0.15, 0.2) is 0 Å². The molecule has 2 aliphatic carbocycles. The molecule has 1 heteroatoms. The molecule has 2 saturated carbocycles. The molecule has 1 nitrogen and oxygen atoms in total. The molecule has 0 aromatic heterocycles. The first-order chi connectivity index (χ1) is 5.06. The molecule has 3 rings (SSSR count). The van der Waals surface area contributed by atoms with Crippen LogP contribution in [0.5, 0.6) is 0 Å². The van der Waals surface area contributed by atoms with Crippen LogP contribution < -0.4 is 0 Å². The standard InChI is InChI=1S/C10H16O/c1-9(2)6-4-5-10(3)8(11-10)7(6)9/h6-8H,4-5H2,1-3H3/t6-,7+,8?,10-/m0/s1. The van der Waals surface area contributed by atoms with E-state index >= 15 is 0 Å². The van der Waals surface area contributed by atoms with Gasteiger partial charge >= 0.3 is 0 Å². The first-order valence-electron chi connectivity index (χ1n) is 4.73. The van der Waals surface area contributed by atoms with Crippen molar-refractivity contribution in [3.05, 3.63) is 0 Å². The Kier molecular flexibility index (Phi) is 0.820. The van der Waals surface area contributed by atoms with Gasteiger partial charge in [-0.3, -0.25) is 0 Å². The quantitative estimate of drug-likeness (QED) is 0.485. The van der Waals surface area contributed by atoms with Crippen molar-refractivity contribution in [3.63, 3.8) is 0 Å². The Morgan fingerprint density at radius 1 is 1.27 bits per heavy atom. The van der Waals surface area contributed by atoms with Crippen LogP contribution in [0.3, 0.4) is 0 Å². The molecule has 1 heterocycles. The van der Waals surface area contributed by atoms with Crippen molar-refractivity contribution in [1.29, 1.82) is 0 Å². The highest BCUT2D eigenvalue weighted by Gasteiger charge is 2.74. The molecule has 0 N–H and O–H groups in total. The monoisotopic (exact) mass is 152 g/mol. The zero-order chi connectivity index (χ0) is 7.85. The lowest BCUT2D eigenvalue weighted by Gasteiger charge is -2.09. The number of ether oxygens (including phenoxy) is 1. The summed E-state index contributed by atoms with van der Waals surface area (Å²) in [7, 11) is 0. The second kappa shape index (κ2) is 1.39. The van der Waals surface area contributed by atoms with Crippen LogP contribution in [0.1, 0.15) is 33.6 Å². The zero-order valence-corrected chi connectivity index (χ0v) is 7.55. The highest BCUT2D eigenvalue weighted by atomic mass is 16.6. The molecule has 0 aromatic carbocycles. The van der Waals surface area contributed by atoms with Crippen LogP contribution in [-0.4, -0.2) is 11.7 Å². The van der Waals surface area contributed by atoms with Gasteiger partial charge in [-0.15, -0.1) is 0 Å². The fourth-order valence-electron chi connectivity index (χ4n) is 3.29. The summed E-state index contributed by atoms with van der Waals surface area (Å²) in [6.45, 7) is 7.08. The first-order valence-corrected chi connectivity index (χ1v) is 4.73. The van der Waals surface area contributed by atoms with E-state index < -0.39 is 0 Å². The normalized spacial score (nSPS) is 63.0. The fraction of sp³-hybridized carbons (Fsp3) is 1.00. The topological polar surface area (TPSA) is 12.5 Å². The third kappa shape index (κ3) is 0.581. The zero-order valence-electron chi connectivity index (χ0n) is 7.55. The Morgan fingerprint density at radius 2 is 2.00 bits per heavy atom. The van der Waals surface area contributed by atoms with Gasteiger partial charge in [-0.25, -0.2) is 0 Å². The first kappa shape index (κ1) is 6.47. The summed E-state index contributed by atoms with van der Waals surface area (Å²) in [6, 6.07) is 0. The summed E-state index contributed by atoms with van der Waals surface area (Å²) in [4.78, 5) is 0. The third-order valence-corrected chi connectivity index (χ3v) is 4.36. The van der Waals surface area contributed by atoms with Gasteiger partial charge in [-0.2, -0.15) is 0 Å². The van der Waals surface area contributed by atoms with E-state index in [1.165, 1.54) is 12.8 Å². The van der Waals surface area contributed by atoms with Crippen LogP contribution >= 0.6 is 0 Å². The third-order valence-electron chi connectivity index (χ3n) is 4.36. The van der Waals surface area contributed by atoms with Crippen molar-refractivity contribution >= 4 is 0 Å². The summed E-state index contributed by atoms with van der Waals surface area (Å²) < 4.78 is 5.75. The van der Waals surface area contributed by atoms with Crippen molar-refractivity contribution in [2.75, 3.05) is 0 Å². The van der Waals surface area contributed by atoms with Crippen molar-refractivity contribution < 1.29 is 4.74 Å². The Balaban J connectivity index is 1.90. The molecular formula is C10H16O. The number of epoxide rings is 1. The summed E-state index contributed by atoms with van der Waals surface area (Å²) in [5.41, 5.74) is 0.924. The Bertz CT molecular complexity index is 221. The lowest BCUT2D eigenvalue weighted by Crippen LogP contribution is -2.16. The van der Waals surface area contributed by atoms with E-state index in [0.29, 0.717) is 17.1 Å². The number of fused-ring (bicyclic) bond motifs is 3. The highest BCUT2D eigenvalue weighted by Crippen LogP contribution is 2.72. The van der Waals surface area contributed by atoms with E-state index in [1.807, 2.05) is 0 Å². The Morgan fingerprint density at radius 3 is 2.64 bits per heavy atom.